The van der Waals surface area contributed by atoms with Crippen LogP contribution >= 0.6 is 23.8 Å². The van der Waals surface area contributed by atoms with Crippen LogP contribution in [0.5, 0.6) is 0 Å². The number of hydrogen-bond donors (Lipinski definition) is 0. The average molecular weight is 939 g/mol. The number of hydrogen-bond acceptors (Lipinski definition) is 6. The smallest absolute Gasteiger partial charge is 0.741 e. The van der Waals surface area contributed by atoms with Crippen molar-refractivity contribution in [3.8, 4) is 0 Å². The molecule has 18 heteroatoms. The molecule has 0 heterocycles. The second kappa shape index (κ2) is 22.3. The molecule has 0 aliphatic heterocycles. The van der Waals surface area contributed by atoms with E-state index in [1.807, 2.05) is 0 Å². The zero-order valence-electron chi connectivity index (χ0n) is 28.0. The minimum absolute atomic E-state index is 0. The van der Waals surface area contributed by atoms with E-state index in [0.29, 0.717) is 0 Å². The normalized spacial score (nSPS) is 11.9. The van der Waals surface area contributed by atoms with E-state index in [0.717, 1.165) is 0 Å². The first-order chi connectivity index (χ1) is 24.9. The first-order valence-corrected chi connectivity index (χ1v) is 23.1. The van der Waals surface area contributed by atoms with Crippen LogP contribution in [0.1, 0.15) is 0 Å². The zero-order chi connectivity index (χ0) is 39.1. The van der Waals surface area contributed by atoms with Crippen LogP contribution in [0.25, 0.3) is 0 Å². The summed E-state index contributed by atoms with van der Waals surface area (Å²) in [5, 5.41) is 7.50. The van der Waals surface area contributed by atoms with Gasteiger partial charge in [0.1, 0.15) is 0 Å². The Bertz CT molecular complexity index is 1810. The molecule has 6 nitrogen and oxygen atoms in total. The molecule has 0 N–H and O–H groups in total. The summed E-state index contributed by atoms with van der Waals surface area (Å²) in [6, 6.07) is 56.0. The quantitative estimate of drug-likeness (QED) is 0.0457. The summed E-state index contributed by atoms with van der Waals surface area (Å²) in [5.74, 6) is 0. The van der Waals surface area contributed by atoms with Crippen LogP contribution in [0, 0.1) is 0 Å². The van der Waals surface area contributed by atoms with Crippen LogP contribution in [0.4, 0.5) is 26.3 Å². The molecule has 0 fully saturated rings. The molecular formula is C36H33F6O6P3PdS2. The van der Waals surface area contributed by atoms with Gasteiger partial charge in [0.25, 0.3) is 0 Å². The average Bonchev–Trinajstić information content (AvgIpc) is 3.12. The Kier molecular flexibility index (Phi) is 19.6. The Labute approximate surface area is 328 Å². The molecule has 292 valence electrons. The van der Waals surface area contributed by atoms with Crippen LogP contribution in [0.15, 0.2) is 152 Å². The predicted octanol–water partition coefficient (Wildman–Crippen LogP) is 7.16. The molecule has 0 aliphatic rings. The molecule has 5 aromatic rings. The minimum atomic E-state index is -6.09. The maximum Gasteiger partial charge on any atom is 2.00 e. The maximum absolute atomic E-state index is 10.7. The molecule has 0 amide bonds. The number of rotatable bonds is 11. The minimum Gasteiger partial charge on any atom is -0.741 e. The van der Waals surface area contributed by atoms with Crippen LogP contribution in [0.3, 0.4) is 0 Å². The van der Waals surface area contributed by atoms with E-state index in [4.69, 9.17) is 25.9 Å². The summed E-state index contributed by atoms with van der Waals surface area (Å²) in [5.41, 5.74) is -11.3. The fourth-order valence-corrected chi connectivity index (χ4v) is 13.3. The van der Waals surface area contributed by atoms with Gasteiger partial charge < -0.3 is 9.11 Å². The molecule has 0 radical (unpaired) electrons. The predicted molar refractivity (Wildman–Crippen MR) is 202 cm³/mol. The molecule has 5 rings (SSSR count). The van der Waals surface area contributed by atoms with E-state index in [1.165, 1.54) is 45.9 Å². The fraction of sp³-hybridized carbons (Fsp3) is 0.167. The maximum atomic E-state index is 10.7. The third-order valence-corrected chi connectivity index (χ3v) is 16.6. The van der Waals surface area contributed by atoms with Gasteiger partial charge in [-0.3, -0.25) is 0 Å². The summed E-state index contributed by atoms with van der Waals surface area (Å²) in [7, 11) is -13.2. The van der Waals surface area contributed by atoms with Gasteiger partial charge in [-0.05, 0) is 67.0 Å². The fourth-order valence-electron chi connectivity index (χ4n) is 4.70. The second-order valence-electron chi connectivity index (χ2n) is 10.8. The largest absolute Gasteiger partial charge is 2.00 e. The van der Waals surface area contributed by atoms with Crippen molar-refractivity contribution in [2.24, 2.45) is 0 Å². The van der Waals surface area contributed by atoms with Gasteiger partial charge in [0, 0.05) is 0 Å². The third kappa shape index (κ3) is 15.9. The molecule has 0 saturated carbocycles. The molecule has 5 aromatic carbocycles. The zero-order valence-corrected chi connectivity index (χ0v) is 33.8. The topological polar surface area (TPSA) is 114 Å². The van der Waals surface area contributed by atoms with Gasteiger partial charge in [0.15, 0.2) is 20.2 Å². The van der Waals surface area contributed by atoms with Gasteiger partial charge in [-0.1, -0.05) is 160 Å². The molecule has 0 unspecified atom stereocenters. The summed E-state index contributed by atoms with van der Waals surface area (Å²) in [6.45, 7) is 0. The molecule has 0 bridgehead atoms. The SMILES string of the molecule is O=S(=O)([O-])C(F)(F)F.O=S(=O)([O-])C(F)(F)F.[Pd+2].c1ccc(P(CCP(c2ccccc2)c2ccccc2)CCP(c2ccccc2)c2ccccc2)cc1. The molecule has 0 aromatic heterocycles. The Morgan fingerprint density at radius 1 is 0.389 bits per heavy atom. The molecule has 0 spiro atoms. The van der Waals surface area contributed by atoms with Crippen LogP contribution in [0.2, 0.25) is 0 Å². The number of halogens is 6. The molecule has 0 aliphatic carbocycles. The Morgan fingerprint density at radius 3 is 0.759 bits per heavy atom. The van der Waals surface area contributed by atoms with Crippen molar-refractivity contribution in [3.05, 3.63) is 152 Å². The summed E-state index contributed by atoms with van der Waals surface area (Å²) < 4.78 is 118. The van der Waals surface area contributed by atoms with Crippen molar-refractivity contribution in [1.82, 2.24) is 0 Å². The van der Waals surface area contributed by atoms with Crippen molar-refractivity contribution < 1.29 is 72.7 Å². The van der Waals surface area contributed by atoms with Crippen LogP contribution in [-0.4, -0.2) is 61.6 Å². The van der Waals surface area contributed by atoms with Gasteiger partial charge in [0.05, 0.1) is 0 Å². The van der Waals surface area contributed by atoms with E-state index in [1.54, 1.807) is 5.30 Å². The van der Waals surface area contributed by atoms with Gasteiger partial charge in [0.2, 0.25) is 0 Å². The Hall–Kier alpha value is -2.55. The van der Waals surface area contributed by atoms with E-state index >= 15 is 0 Å². The Morgan fingerprint density at radius 2 is 0.574 bits per heavy atom. The standard InChI is InChI=1S/C34H33P3.2CHF3O3S.Pd/c1-6-16-30(17-7-1)35(26-28-36(31-18-8-2-9-19-31)32-20-10-3-11-21-32)27-29-37(33-22-12-4-13-23-33)34-24-14-5-15-25-34;2*2-1(3,4)8(5,6)7;/h1-25H,26-29H2;2*(H,5,6,7);/q;;;+2/p-2. The van der Waals surface area contributed by atoms with E-state index in [2.05, 4.69) is 152 Å². The van der Waals surface area contributed by atoms with Crippen molar-refractivity contribution in [1.29, 1.82) is 0 Å². The summed E-state index contributed by atoms with van der Waals surface area (Å²) >= 11 is 0. The van der Waals surface area contributed by atoms with Crippen LogP contribution in [-0.2, 0) is 40.7 Å². The van der Waals surface area contributed by atoms with Crippen molar-refractivity contribution in [2.45, 2.75) is 11.0 Å². The molecule has 0 saturated heterocycles. The number of benzene rings is 5. The summed E-state index contributed by atoms with van der Waals surface area (Å²) in [4.78, 5) is 0. The van der Waals surface area contributed by atoms with Gasteiger partial charge in [-0.25, -0.2) is 16.8 Å². The first-order valence-electron chi connectivity index (χ1n) is 15.5. The summed E-state index contributed by atoms with van der Waals surface area (Å²) in [6.07, 6.45) is 5.00. The molecular weight excluding hydrogens is 906 g/mol. The van der Waals surface area contributed by atoms with Crippen molar-refractivity contribution in [2.75, 3.05) is 24.6 Å². The molecule has 0 atom stereocenters. The third-order valence-electron chi connectivity index (χ3n) is 7.15. The van der Waals surface area contributed by atoms with E-state index in [9.17, 15) is 26.3 Å². The molecule has 54 heavy (non-hydrogen) atoms. The van der Waals surface area contributed by atoms with Crippen molar-refractivity contribution >= 4 is 70.5 Å². The first kappa shape index (κ1) is 47.6. The van der Waals surface area contributed by atoms with E-state index < -0.39 is 31.3 Å². The number of alkyl halides is 6. The Balaban J connectivity index is 0.000000498. The van der Waals surface area contributed by atoms with Gasteiger partial charge in [-0.2, -0.15) is 26.3 Å². The van der Waals surface area contributed by atoms with E-state index in [-0.39, 0.29) is 44.2 Å². The second-order valence-corrected chi connectivity index (χ2v) is 20.7. The van der Waals surface area contributed by atoms with Crippen LogP contribution < -0.4 is 26.5 Å². The van der Waals surface area contributed by atoms with Gasteiger partial charge in [-0.15, -0.1) is 0 Å². The monoisotopic (exact) mass is 938 g/mol. The van der Waals surface area contributed by atoms with Gasteiger partial charge >= 0.3 is 31.4 Å². The van der Waals surface area contributed by atoms with Crippen molar-refractivity contribution in [3.63, 3.8) is 0 Å².